The third-order valence-electron chi connectivity index (χ3n) is 1.72. The normalized spacial score (nSPS) is 12.7. The third-order valence-corrected chi connectivity index (χ3v) is 2.19. The molecule has 0 saturated carbocycles. The Morgan fingerprint density at radius 1 is 1.10 bits per heavy atom. The van der Waals surface area contributed by atoms with Gasteiger partial charge in [0.1, 0.15) is 5.76 Å². The van der Waals surface area contributed by atoms with E-state index in [2.05, 4.69) is 25.0 Å². The van der Waals surface area contributed by atoms with Crippen LogP contribution in [0.15, 0.2) is 35.6 Å². The Morgan fingerprint density at radius 2 is 1.57 bits per heavy atom. The minimum Gasteiger partial charge on any atom is -0.508 e. The van der Waals surface area contributed by atoms with Crippen LogP contribution < -0.4 is 0 Å². The zero-order chi connectivity index (χ0) is 16.6. The zero-order valence-electron chi connectivity index (χ0n) is 11.5. The van der Waals surface area contributed by atoms with E-state index in [9.17, 15) is 18.0 Å². The molecule has 0 fully saturated rings. The van der Waals surface area contributed by atoms with Crippen molar-refractivity contribution >= 4 is 22.3 Å². The van der Waals surface area contributed by atoms with Gasteiger partial charge in [0.15, 0.2) is 0 Å². The van der Waals surface area contributed by atoms with Gasteiger partial charge in [-0.2, -0.15) is 8.42 Å². The van der Waals surface area contributed by atoms with Crippen LogP contribution in [0.25, 0.3) is 0 Å². The second kappa shape index (κ2) is 8.19. The lowest BCUT2D eigenvalue weighted by molar-refractivity contribution is -0.240. The molecule has 0 aliphatic heterocycles. The van der Waals surface area contributed by atoms with Gasteiger partial charge in [-0.05, 0) is 41.6 Å². The maximum absolute atomic E-state index is 11.3. The summed E-state index contributed by atoms with van der Waals surface area (Å²) in [6, 6.07) is 0. The van der Waals surface area contributed by atoms with Crippen molar-refractivity contribution in [2.24, 2.45) is 0 Å². The summed E-state index contributed by atoms with van der Waals surface area (Å²) in [5.41, 5.74) is -0.275. The first-order chi connectivity index (χ1) is 9.59. The highest BCUT2D eigenvalue weighted by Crippen LogP contribution is 2.06. The van der Waals surface area contributed by atoms with Crippen LogP contribution in [0.3, 0.4) is 0 Å². The van der Waals surface area contributed by atoms with Gasteiger partial charge < -0.3 is 5.11 Å². The summed E-state index contributed by atoms with van der Waals surface area (Å²) in [5, 5.41) is 9.13. The minimum absolute atomic E-state index is 0.122. The van der Waals surface area contributed by atoms with Gasteiger partial charge in [-0.3, -0.25) is 9.78 Å². The fourth-order valence-electron chi connectivity index (χ4n) is 0.657. The fourth-order valence-corrected chi connectivity index (χ4v) is 0.970. The van der Waals surface area contributed by atoms with E-state index in [0.29, 0.717) is 0 Å². The number of carbonyl (C=O) groups excluding carboxylic acids is 2. The topological polar surface area (TPSA) is 125 Å². The summed E-state index contributed by atoms with van der Waals surface area (Å²) in [6.07, 6.45) is 2.30. The predicted octanol–water partition coefficient (Wildman–Crippen LogP) is 1.16. The molecular formula is C11H14O9S. The molecule has 0 rings (SSSR count). The lowest BCUT2D eigenvalue weighted by atomic mass is 10.2. The van der Waals surface area contributed by atoms with Crippen LogP contribution in [-0.4, -0.2) is 25.5 Å². The summed E-state index contributed by atoms with van der Waals surface area (Å²) in [6.45, 7) is 7.17. The van der Waals surface area contributed by atoms with Crippen molar-refractivity contribution in [1.82, 2.24) is 0 Å². The highest BCUT2D eigenvalue weighted by molar-refractivity contribution is 7.81. The number of allylic oxidation sites excluding steroid dienone is 2. The SMILES string of the molecule is C=C(C)C(=O)OOS(=O)(=O)OOC(=O)/C(C)=C/C(O)=C/C. The second-order valence-corrected chi connectivity index (χ2v) is 4.70. The predicted molar refractivity (Wildman–Crippen MR) is 68.2 cm³/mol. The summed E-state index contributed by atoms with van der Waals surface area (Å²) < 4.78 is 29.5. The molecule has 0 amide bonds. The molecule has 0 aromatic heterocycles. The van der Waals surface area contributed by atoms with Gasteiger partial charge in [0.05, 0.1) is 0 Å². The van der Waals surface area contributed by atoms with Gasteiger partial charge in [0.2, 0.25) is 0 Å². The monoisotopic (exact) mass is 322 g/mol. The van der Waals surface area contributed by atoms with Gasteiger partial charge in [0, 0.05) is 11.1 Å². The summed E-state index contributed by atoms with van der Waals surface area (Å²) >= 11 is 0. The van der Waals surface area contributed by atoms with Crippen molar-refractivity contribution in [3.8, 4) is 0 Å². The van der Waals surface area contributed by atoms with E-state index in [1.807, 2.05) is 0 Å². The number of carbonyl (C=O) groups is 2. The minimum atomic E-state index is -4.90. The van der Waals surface area contributed by atoms with Gasteiger partial charge in [0.25, 0.3) is 0 Å². The molecule has 1 N–H and O–H groups in total. The standard InChI is InChI=1S/C11H14O9S/c1-5-9(12)6-8(4)11(14)18-20-21(15,16)19-17-10(13)7(2)3/h5-6,12H,2H2,1,3-4H3/b8-6+,9-5-. The molecular weight excluding hydrogens is 308 g/mol. The molecule has 0 spiro atoms. The first kappa shape index (κ1) is 18.8. The molecule has 0 aliphatic rings. The zero-order valence-corrected chi connectivity index (χ0v) is 12.3. The van der Waals surface area contributed by atoms with Crippen molar-refractivity contribution < 1.29 is 41.6 Å². The van der Waals surface area contributed by atoms with Crippen molar-refractivity contribution in [2.45, 2.75) is 20.8 Å². The largest absolute Gasteiger partial charge is 0.508 e. The molecule has 0 radical (unpaired) electrons. The van der Waals surface area contributed by atoms with E-state index in [4.69, 9.17) is 5.11 Å². The van der Waals surface area contributed by atoms with Gasteiger partial charge in [-0.25, -0.2) is 9.59 Å². The van der Waals surface area contributed by atoms with E-state index in [1.165, 1.54) is 26.8 Å². The maximum atomic E-state index is 11.3. The Bertz CT molecular complexity index is 583. The van der Waals surface area contributed by atoms with Crippen molar-refractivity contribution in [2.75, 3.05) is 0 Å². The van der Waals surface area contributed by atoms with Crippen LogP contribution >= 0.6 is 0 Å². The Kier molecular flexibility index (Phi) is 7.35. The number of hydrogen-bond acceptors (Lipinski definition) is 9. The van der Waals surface area contributed by atoms with Crippen LogP contribution in [0.4, 0.5) is 0 Å². The van der Waals surface area contributed by atoms with Gasteiger partial charge in [-0.15, -0.1) is 0 Å². The number of aliphatic hydroxyl groups excluding tert-OH is 1. The molecule has 21 heavy (non-hydrogen) atoms. The van der Waals surface area contributed by atoms with Gasteiger partial charge in [-0.1, -0.05) is 6.58 Å². The quantitative estimate of drug-likeness (QED) is 0.241. The van der Waals surface area contributed by atoms with Crippen LogP contribution in [0, 0.1) is 0 Å². The van der Waals surface area contributed by atoms with Crippen molar-refractivity contribution in [3.05, 3.63) is 35.6 Å². The molecule has 0 heterocycles. The molecule has 9 nitrogen and oxygen atoms in total. The number of rotatable bonds is 7. The molecule has 0 bridgehead atoms. The smallest absolute Gasteiger partial charge is 0.471 e. The average molecular weight is 322 g/mol. The van der Waals surface area contributed by atoms with E-state index < -0.39 is 22.3 Å². The van der Waals surface area contributed by atoms with E-state index in [-0.39, 0.29) is 16.9 Å². The van der Waals surface area contributed by atoms with Crippen LogP contribution in [0.5, 0.6) is 0 Å². The van der Waals surface area contributed by atoms with E-state index in [1.54, 1.807) is 0 Å². The third kappa shape index (κ3) is 7.87. The first-order valence-corrected chi connectivity index (χ1v) is 6.67. The summed E-state index contributed by atoms with van der Waals surface area (Å²) in [7, 11) is -4.90. The van der Waals surface area contributed by atoms with Gasteiger partial charge >= 0.3 is 22.3 Å². The molecule has 0 aliphatic carbocycles. The first-order valence-electron chi connectivity index (χ1n) is 5.34. The lowest BCUT2D eigenvalue weighted by Crippen LogP contribution is -2.17. The van der Waals surface area contributed by atoms with Crippen LogP contribution in [-0.2, 0) is 38.4 Å². The number of aliphatic hydroxyl groups is 1. The van der Waals surface area contributed by atoms with E-state index in [0.717, 1.165) is 6.08 Å². The lowest BCUT2D eigenvalue weighted by Gasteiger charge is -2.04. The molecule has 10 heteroatoms. The molecule has 0 aromatic carbocycles. The summed E-state index contributed by atoms with van der Waals surface area (Å²) in [4.78, 5) is 29.9. The van der Waals surface area contributed by atoms with Crippen molar-refractivity contribution in [1.29, 1.82) is 0 Å². The Morgan fingerprint density at radius 3 is 2.00 bits per heavy atom. The van der Waals surface area contributed by atoms with Crippen LogP contribution in [0.1, 0.15) is 20.8 Å². The summed E-state index contributed by atoms with van der Waals surface area (Å²) in [5.74, 6) is -2.59. The molecule has 0 saturated heterocycles. The van der Waals surface area contributed by atoms with Crippen molar-refractivity contribution in [3.63, 3.8) is 0 Å². The Labute approximate surface area is 121 Å². The molecule has 118 valence electrons. The fraction of sp³-hybridized carbons (Fsp3) is 0.273. The van der Waals surface area contributed by atoms with Crippen LogP contribution in [0.2, 0.25) is 0 Å². The highest BCUT2D eigenvalue weighted by Gasteiger charge is 2.22. The molecule has 0 atom stereocenters. The Hall–Kier alpha value is -2.17. The molecule has 0 aromatic rings. The highest BCUT2D eigenvalue weighted by atomic mass is 32.3. The molecule has 0 unspecified atom stereocenters. The second-order valence-electron chi connectivity index (χ2n) is 3.61. The maximum Gasteiger partial charge on any atom is 0.471 e. The average Bonchev–Trinajstić information content (AvgIpc) is 2.41. The number of hydrogen-bond donors (Lipinski definition) is 1. The van der Waals surface area contributed by atoms with E-state index >= 15 is 0 Å². The Balaban J connectivity index is 4.50.